The highest BCUT2D eigenvalue weighted by atomic mass is 35.5. The van der Waals surface area contributed by atoms with Crippen molar-refractivity contribution in [3.8, 4) is 5.75 Å². The number of para-hydroxylation sites is 1. The zero-order chi connectivity index (χ0) is 21.8. The highest BCUT2D eigenvalue weighted by Gasteiger charge is 2.22. The van der Waals surface area contributed by atoms with Crippen LogP contribution in [-0.2, 0) is 4.74 Å². The molecule has 1 fully saturated rings. The summed E-state index contributed by atoms with van der Waals surface area (Å²) in [6.07, 6.45) is 0. The first-order valence-corrected chi connectivity index (χ1v) is 11.0. The Morgan fingerprint density at radius 2 is 2.03 bits per heavy atom. The summed E-state index contributed by atoms with van der Waals surface area (Å²) in [5.74, 6) is -0.0222. The van der Waals surface area contributed by atoms with Crippen LogP contribution in [0.25, 0.3) is 10.2 Å². The third kappa shape index (κ3) is 4.90. The topological polar surface area (TPSA) is 92.8 Å². The maximum Gasteiger partial charge on any atom is 0.327 e. The summed E-state index contributed by atoms with van der Waals surface area (Å²) in [4.78, 5) is 31.6. The van der Waals surface area contributed by atoms with E-state index in [9.17, 15) is 9.59 Å². The summed E-state index contributed by atoms with van der Waals surface area (Å²) in [5.41, 5.74) is 1.70. The molecule has 1 aromatic heterocycles. The highest BCUT2D eigenvalue weighted by Crippen LogP contribution is 2.35. The third-order valence-corrected chi connectivity index (χ3v) is 5.95. The molecule has 3 aromatic rings. The van der Waals surface area contributed by atoms with Gasteiger partial charge in [0, 0.05) is 19.2 Å². The van der Waals surface area contributed by atoms with E-state index in [0.29, 0.717) is 43.8 Å². The normalized spacial score (nSPS) is 13.8. The minimum absolute atomic E-state index is 0.186. The van der Waals surface area contributed by atoms with Gasteiger partial charge in [-0.05, 0) is 25.1 Å². The molecular weight excluding hydrogens is 440 g/mol. The Balaban J connectivity index is 1.51. The Bertz CT molecular complexity index is 1080. The first-order chi connectivity index (χ1) is 15.0. The van der Waals surface area contributed by atoms with Crippen LogP contribution < -0.4 is 20.3 Å². The van der Waals surface area contributed by atoms with E-state index in [4.69, 9.17) is 21.1 Å². The molecule has 0 aliphatic carbocycles. The maximum absolute atomic E-state index is 12.8. The van der Waals surface area contributed by atoms with Crippen LogP contribution in [0, 0.1) is 0 Å². The zero-order valence-corrected chi connectivity index (χ0v) is 18.4. The van der Waals surface area contributed by atoms with Gasteiger partial charge in [-0.15, -0.1) is 0 Å². The first kappa shape index (κ1) is 21.4. The van der Waals surface area contributed by atoms with Crippen LogP contribution in [0.5, 0.6) is 5.75 Å². The number of hydrogen-bond donors (Lipinski definition) is 2. The molecule has 1 saturated heterocycles. The van der Waals surface area contributed by atoms with E-state index in [0.717, 1.165) is 15.9 Å². The Labute approximate surface area is 188 Å². The lowest BCUT2D eigenvalue weighted by molar-refractivity contribution is 0.0967. The lowest BCUT2D eigenvalue weighted by Crippen LogP contribution is -2.37. The van der Waals surface area contributed by atoms with Crippen LogP contribution in [0.4, 0.5) is 15.6 Å². The molecule has 0 unspecified atom stereocenters. The minimum atomic E-state index is -0.679. The van der Waals surface area contributed by atoms with Gasteiger partial charge in [-0.3, -0.25) is 15.4 Å². The number of nitrogens with one attached hydrogen (secondary N) is 2. The van der Waals surface area contributed by atoms with E-state index in [1.165, 1.54) is 11.3 Å². The Hall–Kier alpha value is -2.88. The number of halogens is 1. The van der Waals surface area contributed by atoms with Crippen LogP contribution in [-0.4, -0.2) is 49.8 Å². The summed E-state index contributed by atoms with van der Waals surface area (Å²) in [6.45, 7) is 4.84. The SMILES string of the molecule is CCOc1cc(Cl)c(C(=O)NC(=O)Nc2nc3ccccc3s2)cc1N1CCOCC1. The van der Waals surface area contributed by atoms with Crippen molar-refractivity contribution in [1.82, 2.24) is 10.3 Å². The average Bonchev–Trinajstić information content (AvgIpc) is 3.16. The van der Waals surface area contributed by atoms with E-state index in [-0.39, 0.29) is 10.6 Å². The molecule has 1 aliphatic heterocycles. The van der Waals surface area contributed by atoms with Crippen molar-refractivity contribution in [1.29, 1.82) is 0 Å². The summed E-state index contributed by atoms with van der Waals surface area (Å²) in [5, 5.41) is 5.52. The van der Waals surface area contributed by atoms with Gasteiger partial charge in [-0.25, -0.2) is 9.78 Å². The number of amides is 3. The number of benzene rings is 2. The summed E-state index contributed by atoms with van der Waals surface area (Å²) in [6, 6.07) is 10.1. The Morgan fingerprint density at radius 3 is 2.77 bits per heavy atom. The number of carbonyl (C=O) groups excluding carboxylic acids is 2. The molecule has 31 heavy (non-hydrogen) atoms. The number of fused-ring (bicyclic) bond motifs is 1. The molecule has 2 heterocycles. The number of rotatable bonds is 5. The van der Waals surface area contributed by atoms with Crippen molar-refractivity contribution < 1.29 is 19.1 Å². The van der Waals surface area contributed by atoms with E-state index in [1.54, 1.807) is 12.1 Å². The number of anilines is 2. The number of carbonyl (C=O) groups is 2. The highest BCUT2D eigenvalue weighted by molar-refractivity contribution is 7.22. The molecule has 1 aliphatic rings. The lowest BCUT2D eigenvalue weighted by atomic mass is 10.1. The van der Waals surface area contributed by atoms with E-state index in [2.05, 4.69) is 20.5 Å². The van der Waals surface area contributed by atoms with Crippen molar-refractivity contribution in [3.63, 3.8) is 0 Å². The molecule has 162 valence electrons. The van der Waals surface area contributed by atoms with Crippen molar-refractivity contribution in [3.05, 3.63) is 47.0 Å². The fourth-order valence-corrected chi connectivity index (χ4v) is 4.36. The van der Waals surface area contributed by atoms with Crippen molar-refractivity contribution >= 4 is 55.9 Å². The number of hydrogen-bond acceptors (Lipinski definition) is 7. The Morgan fingerprint density at radius 1 is 1.26 bits per heavy atom. The van der Waals surface area contributed by atoms with Gasteiger partial charge in [0.2, 0.25) is 0 Å². The second-order valence-electron chi connectivity index (χ2n) is 6.73. The molecule has 4 rings (SSSR count). The van der Waals surface area contributed by atoms with Gasteiger partial charge < -0.3 is 14.4 Å². The van der Waals surface area contributed by atoms with Crippen LogP contribution in [0.3, 0.4) is 0 Å². The van der Waals surface area contributed by atoms with Crippen LogP contribution >= 0.6 is 22.9 Å². The lowest BCUT2D eigenvalue weighted by Gasteiger charge is -2.30. The zero-order valence-electron chi connectivity index (χ0n) is 16.8. The minimum Gasteiger partial charge on any atom is -0.492 e. The molecule has 2 aromatic carbocycles. The number of nitrogens with zero attached hydrogens (tertiary/aromatic N) is 2. The fraction of sp³-hybridized carbons (Fsp3) is 0.286. The first-order valence-electron chi connectivity index (χ1n) is 9.82. The molecule has 0 spiro atoms. The molecule has 0 bridgehead atoms. The second-order valence-corrected chi connectivity index (χ2v) is 8.17. The van der Waals surface area contributed by atoms with Crippen LogP contribution in [0.15, 0.2) is 36.4 Å². The average molecular weight is 461 g/mol. The molecular formula is C21H21ClN4O4S. The molecule has 2 N–H and O–H groups in total. The van der Waals surface area contributed by atoms with Crippen molar-refractivity contribution in [2.75, 3.05) is 43.1 Å². The maximum atomic E-state index is 12.8. The predicted molar refractivity (Wildman–Crippen MR) is 122 cm³/mol. The smallest absolute Gasteiger partial charge is 0.327 e. The van der Waals surface area contributed by atoms with E-state index in [1.807, 2.05) is 31.2 Å². The van der Waals surface area contributed by atoms with Crippen LogP contribution in [0.1, 0.15) is 17.3 Å². The van der Waals surface area contributed by atoms with Gasteiger partial charge in [-0.1, -0.05) is 35.1 Å². The molecule has 8 nitrogen and oxygen atoms in total. The van der Waals surface area contributed by atoms with Gasteiger partial charge in [0.15, 0.2) is 5.13 Å². The summed E-state index contributed by atoms with van der Waals surface area (Å²) < 4.78 is 12.1. The third-order valence-electron chi connectivity index (χ3n) is 4.69. The van der Waals surface area contributed by atoms with Gasteiger partial charge >= 0.3 is 6.03 Å². The molecule has 3 amide bonds. The summed E-state index contributed by atoms with van der Waals surface area (Å²) in [7, 11) is 0. The molecule has 0 saturated carbocycles. The number of morpholine rings is 1. The monoisotopic (exact) mass is 460 g/mol. The van der Waals surface area contributed by atoms with Crippen LogP contribution in [0.2, 0.25) is 5.02 Å². The van der Waals surface area contributed by atoms with Gasteiger partial charge in [-0.2, -0.15) is 0 Å². The van der Waals surface area contributed by atoms with Crippen molar-refractivity contribution in [2.24, 2.45) is 0 Å². The van der Waals surface area contributed by atoms with Gasteiger partial charge in [0.1, 0.15) is 5.75 Å². The fourth-order valence-electron chi connectivity index (χ4n) is 3.26. The largest absolute Gasteiger partial charge is 0.492 e. The number of aromatic nitrogens is 1. The molecule has 0 radical (unpaired) electrons. The molecule has 10 heteroatoms. The number of urea groups is 1. The number of imide groups is 1. The standard InChI is InChI=1S/C21H21ClN4O4S/c1-2-30-17-12-14(22)13(11-16(17)26-7-9-29-10-8-26)19(27)24-20(28)25-21-23-15-5-3-4-6-18(15)31-21/h3-6,11-12H,2,7-10H2,1H3,(H2,23,24,25,27,28). The van der Waals surface area contributed by atoms with Gasteiger partial charge in [0.25, 0.3) is 5.91 Å². The van der Waals surface area contributed by atoms with Crippen molar-refractivity contribution in [2.45, 2.75) is 6.92 Å². The molecule has 0 atom stereocenters. The van der Waals surface area contributed by atoms with E-state index >= 15 is 0 Å². The number of ether oxygens (including phenoxy) is 2. The van der Waals surface area contributed by atoms with E-state index < -0.39 is 11.9 Å². The quantitative estimate of drug-likeness (QED) is 0.594. The second kappa shape index (κ2) is 9.51. The van der Waals surface area contributed by atoms with Gasteiger partial charge in [0.05, 0.1) is 46.3 Å². The Kier molecular flexibility index (Phi) is 6.55. The predicted octanol–water partition coefficient (Wildman–Crippen LogP) is 4.15. The summed E-state index contributed by atoms with van der Waals surface area (Å²) >= 11 is 7.67. The number of thiazole rings is 1.